The number of nitrogens with zero attached hydrogens (tertiary/aromatic N) is 1. The summed E-state index contributed by atoms with van der Waals surface area (Å²) >= 11 is 0. The molecule has 2 aromatic rings. The van der Waals surface area contributed by atoms with Gasteiger partial charge in [-0.25, -0.2) is 4.39 Å². The lowest BCUT2D eigenvalue weighted by atomic mass is 10.1. The van der Waals surface area contributed by atoms with E-state index < -0.39 is 11.9 Å². The van der Waals surface area contributed by atoms with Gasteiger partial charge in [-0.15, -0.1) is 0 Å². The van der Waals surface area contributed by atoms with Gasteiger partial charge in [0.2, 0.25) is 5.91 Å². The Labute approximate surface area is 165 Å². The van der Waals surface area contributed by atoms with Crippen LogP contribution in [0, 0.1) is 12.7 Å². The van der Waals surface area contributed by atoms with Crippen LogP contribution in [0.25, 0.3) is 0 Å². The van der Waals surface area contributed by atoms with Crippen LogP contribution < -0.4 is 10.1 Å². The lowest BCUT2D eigenvalue weighted by molar-refractivity contribution is -0.142. The predicted octanol–water partition coefficient (Wildman–Crippen LogP) is 3.46. The molecular weight excluding hydrogens is 359 g/mol. The number of halogens is 1. The number of carbonyl (C=O) groups is 2. The van der Waals surface area contributed by atoms with Crippen molar-refractivity contribution in [1.82, 2.24) is 10.2 Å². The Hall–Kier alpha value is -2.89. The first-order chi connectivity index (χ1) is 13.4. The van der Waals surface area contributed by atoms with Crippen LogP contribution in [-0.2, 0) is 16.1 Å². The van der Waals surface area contributed by atoms with Gasteiger partial charge in [0.25, 0.3) is 5.91 Å². The molecule has 150 valence electrons. The highest BCUT2D eigenvalue weighted by Crippen LogP contribution is 2.15. The molecule has 0 aromatic heterocycles. The largest absolute Gasteiger partial charge is 0.484 e. The number of carbonyl (C=O) groups excluding carboxylic acids is 2. The Morgan fingerprint density at radius 2 is 1.82 bits per heavy atom. The van der Waals surface area contributed by atoms with Crippen LogP contribution in [-0.4, -0.2) is 35.9 Å². The molecule has 0 aliphatic heterocycles. The summed E-state index contributed by atoms with van der Waals surface area (Å²) in [6, 6.07) is 12.8. The molecule has 1 unspecified atom stereocenters. The van der Waals surface area contributed by atoms with Gasteiger partial charge in [-0.3, -0.25) is 9.59 Å². The van der Waals surface area contributed by atoms with Crippen molar-refractivity contribution in [3.63, 3.8) is 0 Å². The molecule has 0 aliphatic rings. The maximum absolute atomic E-state index is 14.1. The average Bonchev–Trinajstić information content (AvgIpc) is 2.70. The Kier molecular flexibility index (Phi) is 7.99. The van der Waals surface area contributed by atoms with Crippen molar-refractivity contribution in [2.24, 2.45) is 0 Å². The highest BCUT2D eigenvalue weighted by molar-refractivity contribution is 5.87. The highest BCUT2D eigenvalue weighted by atomic mass is 19.1. The van der Waals surface area contributed by atoms with Gasteiger partial charge >= 0.3 is 0 Å². The van der Waals surface area contributed by atoms with Gasteiger partial charge in [-0.2, -0.15) is 0 Å². The van der Waals surface area contributed by atoms with Gasteiger partial charge in [0, 0.05) is 18.7 Å². The molecule has 0 aliphatic carbocycles. The van der Waals surface area contributed by atoms with E-state index in [1.54, 1.807) is 37.3 Å². The van der Waals surface area contributed by atoms with Crippen molar-refractivity contribution in [1.29, 1.82) is 0 Å². The minimum absolute atomic E-state index is 0.0104. The van der Waals surface area contributed by atoms with E-state index in [1.807, 2.05) is 26.0 Å². The number of ether oxygens (including phenoxy) is 1. The maximum atomic E-state index is 14.1. The van der Waals surface area contributed by atoms with Crippen LogP contribution >= 0.6 is 0 Å². The quantitative estimate of drug-likeness (QED) is 0.718. The highest BCUT2D eigenvalue weighted by Gasteiger charge is 2.27. The molecule has 0 saturated carbocycles. The van der Waals surface area contributed by atoms with Gasteiger partial charge < -0.3 is 15.0 Å². The summed E-state index contributed by atoms with van der Waals surface area (Å²) in [7, 11) is 0. The van der Waals surface area contributed by atoms with E-state index in [9.17, 15) is 14.0 Å². The maximum Gasteiger partial charge on any atom is 0.261 e. The number of hydrogen-bond donors (Lipinski definition) is 1. The Morgan fingerprint density at radius 3 is 2.46 bits per heavy atom. The molecule has 0 bridgehead atoms. The summed E-state index contributed by atoms with van der Waals surface area (Å²) in [5.74, 6) is -0.515. The molecule has 2 aromatic carbocycles. The van der Waals surface area contributed by atoms with Crippen LogP contribution in [0.4, 0.5) is 4.39 Å². The van der Waals surface area contributed by atoms with E-state index >= 15 is 0 Å². The smallest absolute Gasteiger partial charge is 0.261 e. The predicted molar refractivity (Wildman–Crippen MR) is 106 cm³/mol. The second-order valence-corrected chi connectivity index (χ2v) is 6.68. The van der Waals surface area contributed by atoms with Crippen molar-refractivity contribution < 1.29 is 18.7 Å². The third-order valence-corrected chi connectivity index (χ3v) is 4.40. The number of aryl methyl sites for hydroxylation is 1. The second-order valence-electron chi connectivity index (χ2n) is 6.68. The van der Waals surface area contributed by atoms with Gasteiger partial charge in [0.1, 0.15) is 17.6 Å². The molecule has 0 heterocycles. The molecule has 0 spiro atoms. The molecule has 6 heteroatoms. The molecule has 0 fully saturated rings. The SMILES string of the molecule is CCCNC(=O)C(C)N(Cc1ccccc1F)C(=O)COc1ccc(C)cc1. The monoisotopic (exact) mass is 386 g/mol. The van der Waals surface area contributed by atoms with Crippen molar-refractivity contribution in [3.05, 3.63) is 65.5 Å². The summed E-state index contributed by atoms with van der Waals surface area (Å²) in [5, 5.41) is 2.78. The van der Waals surface area contributed by atoms with E-state index in [1.165, 1.54) is 11.0 Å². The van der Waals surface area contributed by atoms with E-state index in [0.717, 1.165) is 12.0 Å². The number of hydrogen-bond acceptors (Lipinski definition) is 3. The fourth-order valence-electron chi connectivity index (χ4n) is 2.65. The zero-order chi connectivity index (χ0) is 20.5. The van der Waals surface area contributed by atoms with Gasteiger partial charge in [0.15, 0.2) is 6.61 Å². The summed E-state index contributed by atoms with van der Waals surface area (Å²) in [6.07, 6.45) is 0.788. The molecule has 28 heavy (non-hydrogen) atoms. The Balaban J connectivity index is 2.13. The molecule has 2 amide bonds. The standard InChI is InChI=1S/C22H27FN2O3/c1-4-13-24-22(27)17(3)25(14-18-7-5-6-8-20(18)23)21(26)15-28-19-11-9-16(2)10-12-19/h5-12,17H,4,13-15H2,1-3H3,(H,24,27). The summed E-state index contributed by atoms with van der Waals surface area (Å²) in [4.78, 5) is 26.6. The van der Waals surface area contributed by atoms with E-state index in [2.05, 4.69) is 5.32 Å². The van der Waals surface area contributed by atoms with Crippen LogP contribution in [0.2, 0.25) is 0 Å². The fraction of sp³-hybridized carbons (Fsp3) is 0.364. The van der Waals surface area contributed by atoms with Crippen molar-refractivity contribution in [3.8, 4) is 5.75 Å². The lowest BCUT2D eigenvalue weighted by Gasteiger charge is -2.28. The molecule has 5 nitrogen and oxygen atoms in total. The zero-order valence-electron chi connectivity index (χ0n) is 16.6. The molecule has 2 rings (SSSR count). The molecular formula is C22H27FN2O3. The van der Waals surface area contributed by atoms with Gasteiger partial charge in [-0.05, 0) is 38.5 Å². The second kappa shape index (κ2) is 10.4. The van der Waals surface area contributed by atoms with Crippen LogP contribution in [0.1, 0.15) is 31.4 Å². The first-order valence-corrected chi connectivity index (χ1v) is 9.42. The van der Waals surface area contributed by atoms with E-state index in [0.29, 0.717) is 17.9 Å². The normalized spacial score (nSPS) is 11.6. The lowest BCUT2D eigenvalue weighted by Crippen LogP contribution is -2.49. The number of nitrogens with one attached hydrogen (secondary N) is 1. The number of benzene rings is 2. The van der Waals surface area contributed by atoms with Crippen LogP contribution in [0.5, 0.6) is 5.75 Å². The van der Waals surface area contributed by atoms with Crippen molar-refractivity contribution in [2.45, 2.75) is 39.8 Å². The Morgan fingerprint density at radius 1 is 1.14 bits per heavy atom. The summed E-state index contributed by atoms with van der Waals surface area (Å²) in [6.45, 7) is 5.82. The van der Waals surface area contributed by atoms with E-state index in [-0.39, 0.29) is 25.0 Å². The third-order valence-electron chi connectivity index (χ3n) is 4.40. The summed E-state index contributed by atoms with van der Waals surface area (Å²) < 4.78 is 19.7. The minimum Gasteiger partial charge on any atom is -0.484 e. The third kappa shape index (κ3) is 6.08. The van der Waals surface area contributed by atoms with Gasteiger partial charge in [0.05, 0.1) is 0 Å². The zero-order valence-corrected chi connectivity index (χ0v) is 16.6. The van der Waals surface area contributed by atoms with Crippen molar-refractivity contribution in [2.75, 3.05) is 13.2 Å². The van der Waals surface area contributed by atoms with Gasteiger partial charge in [-0.1, -0.05) is 42.8 Å². The van der Waals surface area contributed by atoms with Crippen LogP contribution in [0.3, 0.4) is 0 Å². The first kappa shape index (κ1) is 21.4. The van der Waals surface area contributed by atoms with Crippen molar-refractivity contribution >= 4 is 11.8 Å². The summed E-state index contributed by atoms with van der Waals surface area (Å²) in [5.41, 5.74) is 1.43. The molecule has 0 radical (unpaired) electrons. The number of amides is 2. The fourth-order valence-corrected chi connectivity index (χ4v) is 2.65. The minimum atomic E-state index is -0.750. The Bertz CT molecular complexity index is 793. The first-order valence-electron chi connectivity index (χ1n) is 9.42. The molecule has 1 atom stereocenters. The van der Waals surface area contributed by atoms with Crippen LogP contribution in [0.15, 0.2) is 48.5 Å². The molecule has 0 saturated heterocycles. The molecule has 1 N–H and O–H groups in total. The van der Waals surface area contributed by atoms with E-state index in [4.69, 9.17) is 4.74 Å². The average molecular weight is 386 g/mol. The topological polar surface area (TPSA) is 58.6 Å². The number of rotatable bonds is 9.